The van der Waals surface area contributed by atoms with Crippen molar-refractivity contribution in [2.24, 2.45) is 10.2 Å². The van der Waals surface area contributed by atoms with Gasteiger partial charge in [-0.3, -0.25) is 0 Å². The van der Waals surface area contributed by atoms with E-state index >= 15 is 0 Å². The second-order valence-electron chi connectivity index (χ2n) is 7.33. The van der Waals surface area contributed by atoms with Crippen LogP contribution in [0.1, 0.15) is 28.4 Å². The molecule has 3 aromatic carbocycles. The molecular formula is C27H20N4O5. The maximum absolute atomic E-state index is 12.4. The van der Waals surface area contributed by atoms with E-state index in [0.717, 1.165) is 0 Å². The second-order valence-corrected chi connectivity index (χ2v) is 7.33. The first-order valence-corrected chi connectivity index (χ1v) is 10.6. The van der Waals surface area contributed by atoms with Crippen LogP contribution in [0.25, 0.3) is 0 Å². The van der Waals surface area contributed by atoms with Crippen molar-refractivity contribution in [3.05, 3.63) is 95.6 Å². The summed E-state index contributed by atoms with van der Waals surface area (Å²) < 4.78 is 15.8. The van der Waals surface area contributed by atoms with Gasteiger partial charge in [-0.25, -0.2) is 9.59 Å². The van der Waals surface area contributed by atoms with Gasteiger partial charge in [0.05, 0.1) is 28.1 Å². The Bertz CT molecular complexity index is 1380. The van der Waals surface area contributed by atoms with Gasteiger partial charge in [-0.15, -0.1) is 0 Å². The van der Waals surface area contributed by atoms with Crippen molar-refractivity contribution in [1.29, 1.82) is 10.5 Å². The fourth-order valence-corrected chi connectivity index (χ4v) is 2.75. The zero-order valence-electron chi connectivity index (χ0n) is 19.3. The van der Waals surface area contributed by atoms with Gasteiger partial charge < -0.3 is 14.2 Å². The highest BCUT2D eigenvalue weighted by atomic mass is 16.6. The first kappa shape index (κ1) is 25.3. The van der Waals surface area contributed by atoms with E-state index in [0.29, 0.717) is 34.0 Å². The molecule has 0 aromatic heterocycles. The van der Waals surface area contributed by atoms with Gasteiger partial charge in [0.2, 0.25) is 0 Å². The van der Waals surface area contributed by atoms with E-state index in [1.54, 1.807) is 61.5 Å². The molecule has 9 nitrogen and oxygen atoms in total. The summed E-state index contributed by atoms with van der Waals surface area (Å²) in [6.07, 6.45) is 0. The highest BCUT2D eigenvalue weighted by Gasteiger charge is 2.09. The van der Waals surface area contributed by atoms with Crippen LogP contribution in [-0.4, -0.2) is 25.2 Å². The van der Waals surface area contributed by atoms with Crippen LogP contribution in [0.2, 0.25) is 0 Å². The van der Waals surface area contributed by atoms with E-state index < -0.39 is 11.9 Å². The van der Waals surface area contributed by atoms with Gasteiger partial charge in [-0.1, -0.05) is 6.58 Å². The van der Waals surface area contributed by atoms with E-state index in [4.69, 9.17) is 24.7 Å². The summed E-state index contributed by atoms with van der Waals surface area (Å²) in [5.41, 5.74) is 2.07. The van der Waals surface area contributed by atoms with E-state index in [-0.39, 0.29) is 24.3 Å². The lowest BCUT2D eigenvalue weighted by atomic mass is 10.1. The predicted octanol–water partition coefficient (Wildman–Crippen LogP) is 5.56. The number of esters is 2. The van der Waals surface area contributed by atoms with Crippen LogP contribution in [0, 0.1) is 22.7 Å². The summed E-state index contributed by atoms with van der Waals surface area (Å²) in [5.74, 6) is -0.193. The van der Waals surface area contributed by atoms with Gasteiger partial charge in [-0.05, 0) is 73.7 Å². The molecular weight excluding hydrogens is 460 g/mol. The van der Waals surface area contributed by atoms with Gasteiger partial charge in [0.1, 0.15) is 36.9 Å². The number of carbonyl (C=O) groups excluding carboxylic acids is 2. The molecule has 9 heteroatoms. The Hall–Kier alpha value is -5.28. The Morgan fingerprint density at radius 2 is 1.44 bits per heavy atom. The highest BCUT2D eigenvalue weighted by Crippen LogP contribution is 2.23. The Kier molecular flexibility index (Phi) is 8.63. The minimum atomic E-state index is -0.548. The molecule has 0 saturated heterocycles. The number of nitrogens with zero attached hydrogens (tertiary/aromatic N) is 4. The lowest BCUT2D eigenvalue weighted by Crippen LogP contribution is -2.12. The van der Waals surface area contributed by atoms with E-state index in [2.05, 4.69) is 16.8 Å². The van der Waals surface area contributed by atoms with Crippen molar-refractivity contribution >= 4 is 23.3 Å². The van der Waals surface area contributed by atoms with Crippen LogP contribution in [-0.2, 0) is 9.53 Å². The van der Waals surface area contributed by atoms with Crippen LogP contribution in [0.4, 0.5) is 11.4 Å². The largest absolute Gasteiger partial charge is 0.490 e. The highest BCUT2D eigenvalue weighted by molar-refractivity contribution is 5.91. The molecule has 0 saturated carbocycles. The summed E-state index contributed by atoms with van der Waals surface area (Å²) in [6, 6.07) is 21.2. The van der Waals surface area contributed by atoms with Crippen LogP contribution in [0.15, 0.2) is 89.1 Å². The normalized spacial score (nSPS) is 10.2. The standard InChI is InChI=1S/C27H20N4O5/c1-18(2)26(32)35-14-13-34-24-9-4-19(5-10-24)27(33)36-25-11-7-22(8-12-25)30-31-23-6-3-20(16-28)21(15-23)17-29/h3-12,15H,1,13-14H2,2H3. The van der Waals surface area contributed by atoms with Gasteiger partial charge in [-0.2, -0.15) is 20.8 Å². The quantitative estimate of drug-likeness (QED) is 0.129. The minimum absolute atomic E-state index is 0.0828. The molecule has 0 bridgehead atoms. The molecule has 0 N–H and O–H groups in total. The number of ether oxygens (including phenoxy) is 3. The van der Waals surface area contributed by atoms with Crippen LogP contribution in [0.5, 0.6) is 11.5 Å². The van der Waals surface area contributed by atoms with E-state index in [1.165, 1.54) is 12.1 Å². The average molecular weight is 480 g/mol. The van der Waals surface area contributed by atoms with E-state index in [1.807, 2.05) is 12.1 Å². The van der Waals surface area contributed by atoms with E-state index in [9.17, 15) is 9.59 Å². The van der Waals surface area contributed by atoms with Crippen LogP contribution < -0.4 is 9.47 Å². The molecule has 0 aliphatic carbocycles. The molecule has 0 amide bonds. The van der Waals surface area contributed by atoms with Gasteiger partial charge in [0.15, 0.2) is 0 Å². The molecule has 0 unspecified atom stereocenters. The number of benzene rings is 3. The number of rotatable bonds is 9. The SMILES string of the molecule is C=C(C)C(=O)OCCOc1ccc(C(=O)Oc2ccc(N=Nc3ccc(C#N)c(C#N)c3)cc2)cc1. The van der Waals surface area contributed by atoms with Crippen LogP contribution in [0.3, 0.4) is 0 Å². The summed E-state index contributed by atoms with van der Waals surface area (Å²) in [4.78, 5) is 23.7. The zero-order valence-corrected chi connectivity index (χ0v) is 19.3. The summed E-state index contributed by atoms with van der Waals surface area (Å²) in [7, 11) is 0. The molecule has 0 atom stereocenters. The molecule has 0 heterocycles. The molecule has 0 spiro atoms. The maximum Gasteiger partial charge on any atom is 0.343 e. The molecule has 0 fully saturated rings. The average Bonchev–Trinajstić information content (AvgIpc) is 2.90. The number of carbonyl (C=O) groups is 2. The number of hydrogen-bond donors (Lipinski definition) is 0. The molecule has 178 valence electrons. The monoisotopic (exact) mass is 480 g/mol. The molecule has 3 aromatic rings. The maximum atomic E-state index is 12.4. The number of hydrogen-bond acceptors (Lipinski definition) is 9. The Morgan fingerprint density at radius 1 is 0.833 bits per heavy atom. The van der Waals surface area contributed by atoms with Crippen molar-refractivity contribution < 1.29 is 23.8 Å². The van der Waals surface area contributed by atoms with Gasteiger partial charge in [0.25, 0.3) is 0 Å². The third-order valence-electron chi connectivity index (χ3n) is 4.60. The van der Waals surface area contributed by atoms with Crippen molar-refractivity contribution in [2.75, 3.05) is 13.2 Å². The fraction of sp³-hybridized carbons (Fsp3) is 0.111. The summed E-state index contributed by atoms with van der Waals surface area (Å²) in [6.45, 7) is 5.31. The topological polar surface area (TPSA) is 134 Å². The zero-order chi connectivity index (χ0) is 25.9. The Labute approximate surface area is 207 Å². The smallest absolute Gasteiger partial charge is 0.343 e. The van der Waals surface area contributed by atoms with Crippen molar-refractivity contribution in [3.63, 3.8) is 0 Å². The molecule has 3 rings (SSSR count). The summed E-state index contributed by atoms with van der Waals surface area (Å²) >= 11 is 0. The Morgan fingerprint density at radius 3 is 2.08 bits per heavy atom. The third-order valence-corrected chi connectivity index (χ3v) is 4.60. The predicted molar refractivity (Wildman–Crippen MR) is 129 cm³/mol. The Balaban J connectivity index is 1.52. The third kappa shape index (κ3) is 7.11. The first-order chi connectivity index (χ1) is 17.4. The second kappa shape index (κ2) is 12.3. The lowest BCUT2D eigenvalue weighted by molar-refractivity contribution is -0.139. The molecule has 0 aliphatic rings. The first-order valence-electron chi connectivity index (χ1n) is 10.6. The van der Waals surface area contributed by atoms with Crippen molar-refractivity contribution in [1.82, 2.24) is 0 Å². The van der Waals surface area contributed by atoms with Crippen molar-refractivity contribution in [3.8, 4) is 23.6 Å². The fourth-order valence-electron chi connectivity index (χ4n) is 2.75. The van der Waals surface area contributed by atoms with Crippen LogP contribution >= 0.6 is 0 Å². The minimum Gasteiger partial charge on any atom is -0.490 e. The molecule has 0 radical (unpaired) electrons. The van der Waals surface area contributed by atoms with Crippen molar-refractivity contribution in [2.45, 2.75) is 6.92 Å². The van der Waals surface area contributed by atoms with Gasteiger partial charge >= 0.3 is 11.9 Å². The molecule has 0 aliphatic heterocycles. The van der Waals surface area contributed by atoms with Gasteiger partial charge in [0, 0.05) is 5.57 Å². The molecule has 36 heavy (non-hydrogen) atoms. The summed E-state index contributed by atoms with van der Waals surface area (Å²) in [5, 5.41) is 26.2. The lowest BCUT2D eigenvalue weighted by Gasteiger charge is -2.08. The number of nitriles is 2. The number of azo groups is 1.